The molecule has 2 heterocycles. The Morgan fingerprint density at radius 1 is 1.16 bits per heavy atom. The number of nitrogens with zero attached hydrogens (tertiary/aromatic N) is 2. The minimum absolute atomic E-state index is 0.343. The predicted molar refractivity (Wildman–Crippen MR) is 72.0 cm³/mol. The summed E-state index contributed by atoms with van der Waals surface area (Å²) >= 11 is 0. The first-order chi connectivity index (χ1) is 9.28. The summed E-state index contributed by atoms with van der Waals surface area (Å²) in [4.78, 5) is 11.5. The molecule has 4 heteroatoms. The molecule has 0 bridgehead atoms. The molecule has 19 heavy (non-hydrogen) atoms. The highest BCUT2D eigenvalue weighted by atomic mass is 16.5. The number of aromatic nitrogens is 2. The van der Waals surface area contributed by atoms with Crippen molar-refractivity contribution < 1.29 is 9.53 Å². The van der Waals surface area contributed by atoms with Crippen molar-refractivity contribution in [3.05, 3.63) is 60.3 Å². The van der Waals surface area contributed by atoms with Gasteiger partial charge in [0.05, 0.1) is 23.9 Å². The molecule has 3 rings (SSSR count). The zero-order valence-electron chi connectivity index (χ0n) is 10.4. The third-order valence-electron chi connectivity index (χ3n) is 2.95. The summed E-state index contributed by atoms with van der Waals surface area (Å²) in [5.41, 5.74) is 3.31. The van der Waals surface area contributed by atoms with Crippen LogP contribution in [0.4, 0.5) is 0 Å². The zero-order chi connectivity index (χ0) is 13.2. The van der Waals surface area contributed by atoms with E-state index in [2.05, 4.69) is 5.10 Å². The van der Waals surface area contributed by atoms with E-state index in [0.717, 1.165) is 16.8 Å². The van der Waals surface area contributed by atoms with Gasteiger partial charge in [-0.2, -0.15) is 5.10 Å². The van der Waals surface area contributed by atoms with E-state index in [9.17, 15) is 4.79 Å². The van der Waals surface area contributed by atoms with E-state index in [1.165, 1.54) is 7.11 Å². The third kappa shape index (κ3) is 2.08. The largest absolute Gasteiger partial charge is 0.465 e. The van der Waals surface area contributed by atoms with Gasteiger partial charge in [-0.3, -0.25) is 0 Å². The van der Waals surface area contributed by atoms with Gasteiger partial charge in [0.1, 0.15) is 0 Å². The predicted octanol–water partition coefficient (Wildman–Crippen LogP) is 2.79. The van der Waals surface area contributed by atoms with Gasteiger partial charge in [-0.25, -0.2) is 9.31 Å². The lowest BCUT2D eigenvalue weighted by Gasteiger charge is -1.98. The average molecular weight is 252 g/mol. The van der Waals surface area contributed by atoms with Crippen molar-refractivity contribution in [1.29, 1.82) is 0 Å². The molecule has 0 aliphatic rings. The zero-order valence-corrected chi connectivity index (χ0v) is 10.4. The molecule has 1 aromatic carbocycles. The fraction of sp³-hybridized carbons (Fsp3) is 0.0667. The monoisotopic (exact) mass is 252 g/mol. The van der Waals surface area contributed by atoms with Crippen molar-refractivity contribution in [2.24, 2.45) is 0 Å². The number of ether oxygens (including phenoxy) is 1. The number of esters is 1. The van der Waals surface area contributed by atoms with E-state index in [-0.39, 0.29) is 5.97 Å². The lowest BCUT2D eigenvalue weighted by atomic mass is 10.1. The second-order valence-electron chi connectivity index (χ2n) is 4.17. The molecule has 3 aromatic rings. The molecule has 0 aliphatic heterocycles. The molecule has 0 saturated carbocycles. The van der Waals surface area contributed by atoms with E-state index in [0.29, 0.717) is 5.56 Å². The number of carbonyl (C=O) groups is 1. The average Bonchev–Trinajstić information content (AvgIpc) is 2.90. The smallest absolute Gasteiger partial charge is 0.337 e. The number of fused-ring (bicyclic) bond motifs is 1. The van der Waals surface area contributed by atoms with Crippen LogP contribution < -0.4 is 0 Å². The normalized spacial score (nSPS) is 10.6. The van der Waals surface area contributed by atoms with Gasteiger partial charge in [-0.15, -0.1) is 0 Å². The summed E-state index contributed by atoms with van der Waals surface area (Å²) in [5.74, 6) is -0.343. The first-order valence-corrected chi connectivity index (χ1v) is 5.91. The summed E-state index contributed by atoms with van der Waals surface area (Å²) in [6.07, 6.45) is 1.76. The van der Waals surface area contributed by atoms with Crippen molar-refractivity contribution >= 4 is 11.5 Å². The number of carbonyl (C=O) groups excluding carboxylic acids is 1. The van der Waals surface area contributed by atoms with Crippen LogP contribution in [0, 0.1) is 0 Å². The topological polar surface area (TPSA) is 43.6 Å². The van der Waals surface area contributed by atoms with Crippen LogP contribution in [-0.2, 0) is 4.74 Å². The molecule has 0 atom stereocenters. The minimum atomic E-state index is -0.343. The second kappa shape index (κ2) is 4.57. The second-order valence-corrected chi connectivity index (χ2v) is 4.17. The van der Waals surface area contributed by atoms with Crippen molar-refractivity contribution in [1.82, 2.24) is 9.61 Å². The number of rotatable bonds is 2. The SMILES string of the molecule is COC(=O)c1ccn2nc(-c3ccccc3)cc2c1. The van der Waals surface area contributed by atoms with Gasteiger partial charge in [0.15, 0.2) is 0 Å². The van der Waals surface area contributed by atoms with Gasteiger partial charge < -0.3 is 4.74 Å². The van der Waals surface area contributed by atoms with Gasteiger partial charge in [0.25, 0.3) is 0 Å². The van der Waals surface area contributed by atoms with Gasteiger partial charge in [-0.1, -0.05) is 30.3 Å². The van der Waals surface area contributed by atoms with E-state index in [1.807, 2.05) is 36.4 Å². The van der Waals surface area contributed by atoms with Gasteiger partial charge >= 0.3 is 5.97 Å². The molecule has 0 amide bonds. The Kier molecular flexibility index (Phi) is 2.76. The Balaban J connectivity index is 2.09. The first-order valence-electron chi connectivity index (χ1n) is 5.91. The minimum Gasteiger partial charge on any atom is -0.465 e. The van der Waals surface area contributed by atoms with Crippen LogP contribution in [-0.4, -0.2) is 22.7 Å². The van der Waals surface area contributed by atoms with Crippen LogP contribution in [0.3, 0.4) is 0 Å². The number of hydrogen-bond donors (Lipinski definition) is 0. The molecule has 2 aromatic heterocycles. The summed E-state index contributed by atoms with van der Waals surface area (Å²) in [6.45, 7) is 0. The lowest BCUT2D eigenvalue weighted by molar-refractivity contribution is 0.0600. The van der Waals surface area contributed by atoms with E-state index < -0.39 is 0 Å². The number of pyridine rings is 1. The van der Waals surface area contributed by atoms with Crippen LogP contribution in [0.15, 0.2) is 54.7 Å². The molecule has 0 fully saturated rings. The van der Waals surface area contributed by atoms with Crippen LogP contribution in [0.25, 0.3) is 16.8 Å². The third-order valence-corrected chi connectivity index (χ3v) is 2.95. The lowest BCUT2D eigenvalue weighted by Crippen LogP contribution is -2.01. The molecule has 0 N–H and O–H groups in total. The molecule has 0 unspecified atom stereocenters. The number of methoxy groups -OCH3 is 1. The van der Waals surface area contributed by atoms with E-state index in [1.54, 1.807) is 22.8 Å². The Morgan fingerprint density at radius 2 is 1.95 bits per heavy atom. The summed E-state index contributed by atoms with van der Waals surface area (Å²) in [5, 5.41) is 4.47. The molecular weight excluding hydrogens is 240 g/mol. The molecule has 0 radical (unpaired) electrons. The number of benzene rings is 1. The van der Waals surface area contributed by atoms with E-state index in [4.69, 9.17) is 4.74 Å². The summed E-state index contributed by atoms with van der Waals surface area (Å²) in [7, 11) is 1.37. The Bertz CT molecular complexity index is 732. The summed E-state index contributed by atoms with van der Waals surface area (Å²) in [6, 6.07) is 15.3. The van der Waals surface area contributed by atoms with Crippen LogP contribution >= 0.6 is 0 Å². The fourth-order valence-electron chi connectivity index (χ4n) is 1.99. The highest BCUT2D eigenvalue weighted by molar-refractivity contribution is 5.90. The fourth-order valence-corrected chi connectivity index (χ4v) is 1.99. The van der Waals surface area contributed by atoms with Crippen molar-refractivity contribution in [2.45, 2.75) is 0 Å². The van der Waals surface area contributed by atoms with Gasteiger partial charge in [0, 0.05) is 11.8 Å². The Hall–Kier alpha value is -2.62. The highest BCUT2D eigenvalue weighted by Gasteiger charge is 2.08. The quantitative estimate of drug-likeness (QED) is 0.659. The maximum absolute atomic E-state index is 11.5. The maximum atomic E-state index is 11.5. The van der Waals surface area contributed by atoms with Crippen LogP contribution in [0.2, 0.25) is 0 Å². The Labute approximate surface area is 110 Å². The molecule has 0 saturated heterocycles. The van der Waals surface area contributed by atoms with Crippen molar-refractivity contribution in [3.63, 3.8) is 0 Å². The summed E-state index contributed by atoms with van der Waals surface area (Å²) < 4.78 is 6.45. The molecule has 0 spiro atoms. The highest BCUT2D eigenvalue weighted by Crippen LogP contribution is 2.20. The van der Waals surface area contributed by atoms with Gasteiger partial charge in [0.2, 0.25) is 0 Å². The molecule has 4 nitrogen and oxygen atoms in total. The van der Waals surface area contributed by atoms with Gasteiger partial charge in [-0.05, 0) is 18.2 Å². The van der Waals surface area contributed by atoms with E-state index >= 15 is 0 Å². The Morgan fingerprint density at radius 3 is 2.68 bits per heavy atom. The van der Waals surface area contributed by atoms with Crippen LogP contribution in [0.1, 0.15) is 10.4 Å². The number of hydrogen-bond acceptors (Lipinski definition) is 3. The standard InChI is InChI=1S/C15H12N2O2/c1-19-15(18)12-7-8-17-13(9-12)10-14(16-17)11-5-3-2-4-6-11/h2-10H,1H3. The van der Waals surface area contributed by atoms with Crippen molar-refractivity contribution in [3.8, 4) is 11.3 Å². The molecular formula is C15H12N2O2. The van der Waals surface area contributed by atoms with Crippen molar-refractivity contribution in [2.75, 3.05) is 7.11 Å². The first kappa shape index (κ1) is 11.5. The van der Waals surface area contributed by atoms with Crippen LogP contribution in [0.5, 0.6) is 0 Å². The maximum Gasteiger partial charge on any atom is 0.337 e. The molecule has 94 valence electrons. The molecule has 0 aliphatic carbocycles.